The maximum Gasteiger partial charge on any atom is 0.586 e. The molecule has 0 radical (unpaired) electrons. The van der Waals surface area contributed by atoms with E-state index >= 15 is 0 Å². The zero-order valence-electron chi connectivity index (χ0n) is 21.1. The molecule has 9 nitrogen and oxygen atoms in total. The topological polar surface area (TPSA) is 91.5 Å². The fourth-order valence-corrected chi connectivity index (χ4v) is 5.05. The summed E-state index contributed by atoms with van der Waals surface area (Å²) in [7, 11) is 1.81. The standard InChI is InChI=1S/C28H23F2N5O4/c1-3-34(18-10-11-22-23(14-18)39-28(29,30)38-22)24(36)16-35-27(37)26-25(19-8-4-5-9-21(19)33(26)2)20(32-35)13-17-7-6-12-31-15-17/h4-12,14-15H,3,13,16H2,1-2H3. The summed E-state index contributed by atoms with van der Waals surface area (Å²) in [6.45, 7) is 1.62. The lowest BCUT2D eigenvalue weighted by Crippen LogP contribution is -2.38. The second-order valence-corrected chi connectivity index (χ2v) is 9.18. The minimum Gasteiger partial charge on any atom is -0.395 e. The maximum atomic E-state index is 13.7. The summed E-state index contributed by atoms with van der Waals surface area (Å²) in [5, 5.41) is 6.28. The number of rotatable bonds is 6. The molecular weight excluding hydrogens is 508 g/mol. The Balaban J connectivity index is 1.42. The van der Waals surface area contributed by atoms with Gasteiger partial charge >= 0.3 is 6.29 Å². The Kier molecular flexibility index (Phi) is 5.78. The van der Waals surface area contributed by atoms with E-state index in [2.05, 4.69) is 19.6 Å². The number of halogens is 2. The predicted octanol–water partition coefficient (Wildman–Crippen LogP) is 4.25. The number of amides is 1. The van der Waals surface area contributed by atoms with Crippen molar-refractivity contribution in [1.82, 2.24) is 19.3 Å². The number of likely N-dealkylation sites (N-methyl/N-ethyl adjacent to an activating group) is 1. The quantitative estimate of drug-likeness (QED) is 0.326. The molecule has 198 valence electrons. The molecule has 2 aromatic carbocycles. The molecule has 3 aromatic heterocycles. The molecule has 0 unspecified atom stereocenters. The van der Waals surface area contributed by atoms with Crippen LogP contribution in [0.4, 0.5) is 14.5 Å². The number of alkyl halides is 2. The molecule has 0 fully saturated rings. The number of aromatic nitrogens is 4. The van der Waals surface area contributed by atoms with E-state index in [1.54, 1.807) is 19.3 Å². The van der Waals surface area contributed by atoms with Gasteiger partial charge in [0.2, 0.25) is 5.91 Å². The first-order valence-corrected chi connectivity index (χ1v) is 12.3. The zero-order chi connectivity index (χ0) is 27.3. The molecule has 1 aliphatic heterocycles. The molecule has 0 N–H and O–H groups in total. The lowest BCUT2D eigenvalue weighted by molar-refractivity contribution is -0.286. The first kappa shape index (κ1) is 24.5. The summed E-state index contributed by atoms with van der Waals surface area (Å²) in [4.78, 5) is 32.7. The van der Waals surface area contributed by atoms with Gasteiger partial charge in [-0.1, -0.05) is 24.3 Å². The van der Waals surface area contributed by atoms with E-state index in [4.69, 9.17) is 0 Å². The van der Waals surface area contributed by atoms with Crippen LogP contribution < -0.4 is 19.9 Å². The van der Waals surface area contributed by atoms with Crippen LogP contribution in [0.5, 0.6) is 11.5 Å². The number of hydrogen-bond donors (Lipinski definition) is 0. The van der Waals surface area contributed by atoms with Crippen molar-refractivity contribution in [2.24, 2.45) is 7.05 Å². The number of fused-ring (bicyclic) bond motifs is 4. The van der Waals surface area contributed by atoms with Crippen LogP contribution in [0, 0.1) is 0 Å². The van der Waals surface area contributed by atoms with Gasteiger partial charge in [0.15, 0.2) is 11.5 Å². The fraction of sp³-hybridized carbons (Fsp3) is 0.214. The molecule has 0 atom stereocenters. The van der Waals surface area contributed by atoms with Crippen LogP contribution in [0.15, 0.2) is 71.8 Å². The SMILES string of the molecule is CCN(C(=O)Cn1nc(Cc2cccnc2)c2c3ccccc3n(C)c2c1=O)c1ccc2c(c1)OC(F)(F)O2. The highest BCUT2D eigenvalue weighted by Crippen LogP contribution is 2.43. The van der Waals surface area contributed by atoms with Gasteiger partial charge in [-0.25, -0.2) is 4.68 Å². The molecule has 4 heterocycles. The average Bonchev–Trinajstić information content (AvgIpc) is 3.40. The predicted molar refractivity (Wildman–Crippen MR) is 140 cm³/mol. The second-order valence-electron chi connectivity index (χ2n) is 9.18. The summed E-state index contributed by atoms with van der Waals surface area (Å²) in [6, 6.07) is 15.6. The Morgan fingerprint density at radius 3 is 2.64 bits per heavy atom. The Hall–Kier alpha value is -4.80. The van der Waals surface area contributed by atoms with Gasteiger partial charge in [-0.05, 0) is 36.8 Å². The summed E-state index contributed by atoms with van der Waals surface area (Å²) in [6.07, 6.45) is 0.0560. The average molecular weight is 532 g/mol. The number of benzene rings is 2. The number of aryl methyl sites for hydroxylation is 1. The third-order valence-electron chi connectivity index (χ3n) is 6.77. The van der Waals surface area contributed by atoms with Gasteiger partial charge in [0.05, 0.1) is 5.69 Å². The van der Waals surface area contributed by atoms with E-state index in [0.717, 1.165) is 21.9 Å². The number of carbonyl (C=O) groups is 1. The second kappa shape index (κ2) is 9.19. The number of pyridine rings is 1. The summed E-state index contributed by atoms with van der Waals surface area (Å²) < 4.78 is 39.0. The molecule has 39 heavy (non-hydrogen) atoms. The smallest absolute Gasteiger partial charge is 0.395 e. The fourth-order valence-electron chi connectivity index (χ4n) is 5.05. The largest absolute Gasteiger partial charge is 0.586 e. The highest BCUT2D eigenvalue weighted by Gasteiger charge is 2.43. The number of anilines is 1. The van der Waals surface area contributed by atoms with E-state index in [1.807, 2.05) is 48.0 Å². The summed E-state index contributed by atoms with van der Waals surface area (Å²) in [5.74, 6) is -0.732. The van der Waals surface area contributed by atoms with Crippen LogP contribution in [0.2, 0.25) is 0 Å². The van der Waals surface area contributed by atoms with Gasteiger partial charge in [-0.3, -0.25) is 14.6 Å². The molecule has 0 bridgehead atoms. The first-order chi connectivity index (χ1) is 18.8. The van der Waals surface area contributed by atoms with E-state index in [1.165, 1.54) is 27.8 Å². The Morgan fingerprint density at radius 2 is 1.87 bits per heavy atom. The van der Waals surface area contributed by atoms with E-state index < -0.39 is 17.8 Å². The number of para-hydroxylation sites is 1. The van der Waals surface area contributed by atoms with Gasteiger partial charge in [-0.2, -0.15) is 5.10 Å². The van der Waals surface area contributed by atoms with Crippen molar-refractivity contribution >= 4 is 33.4 Å². The number of nitrogens with zero attached hydrogens (tertiary/aromatic N) is 5. The van der Waals surface area contributed by atoms with E-state index in [0.29, 0.717) is 23.3 Å². The van der Waals surface area contributed by atoms with Crippen LogP contribution in [-0.2, 0) is 24.8 Å². The molecule has 0 aliphatic carbocycles. The molecule has 11 heteroatoms. The number of hydrogen-bond acceptors (Lipinski definition) is 6. The normalized spacial score (nSPS) is 13.7. The van der Waals surface area contributed by atoms with Crippen molar-refractivity contribution in [1.29, 1.82) is 0 Å². The Bertz CT molecular complexity index is 1800. The van der Waals surface area contributed by atoms with Crippen molar-refractivity contribution in [3.05, 3.63) is 88.6 Å². The highest BCUT2D eigenvalue weighted by molar-refractivity contribution is 6.09. The third kappa shape index (κ3) is 4.25. The molecular formula is C28H23F2N5O4. The first-order valence-electron chi connectivity index (χ1n) is 12.3. The van der Waals surface area contributed by atoms with Crippen LogP contribution in [0.25, 0.3) is 21.8 Å². The molecule has 0 saturated carbocycles. The summed E-state index contributed by atoms with van der Waals surface area (Å²) >= 11 is 0. The van der Waals surface area contributed by atoms with E-state index in [-0.39, 0.29) is 24.6 Å². The monoisotopic (exact) mass is 531 g/mol. The molecule has 1 aliphatic rings. The van der Waals surface area contributed by atoms with E-state index in [9.17, 15) is 18.4 Å². The van der Waals surface area contributed by atoms with Crippen molar-refractivity contribution in [2.45, 2.75) is 26.2 Å². The van der Waals surface area contributed by atoms with Crippen molar-refractivity contribution in [2.75, 3.05) is 11.4 Å². The minimum atomic E-state index is -3.77. The summed E-state index contributed by atoms with van der Waals surface area (Å²) in [5.41, 5.74) is 2.77. The number of ether oxygens (including phenoxy) is 2. The van der Waals surface area contributed by atoms with Gasteiger partial charge in [0.1, 0.15) is 12.1 Å². The zero-order valence-corrected chi connectivity index (χ0v) is 21.1. The Morgan fingerprint density at radius 1 is 1.08 bits per heavy atom. The lowest BCUT2D eigenvalue weighted by atomic mass is 10.1. The van der Waals surface area contributed by atoms with Crippen molar-refractivity contribution < 1.29 is 23.0 Å². The molecule has 0 saturated heterocycles. The highest BCUT2D eigenvalue weighted by atomic mass is 19.3. The van der Waals surface area contributed by atoms with Gasteiger partial charge in [0, 0.05) is 60.4 Å². The van der Waals surface area contributed by atoms with Crippen molar-refractivity contribution in [3.63, 3.8) is 0 Å². The van der Waals surface area contributed by atoms with Crippen molar-refractivity contribution in [3.8, 4) is 11.5 Å². The van der Waals surface area contributed by atoms with Crippen LogP contribution in [0.3, 0.4) is 0 Å². The molecule has 0 spiro atoms. The maximum absolute atomic E-state index is 13.7. The van der Waals surface area contributed by atoms with Crippen LogP contribution >= 0.6 is 0 Å². The lowest BCUT2D eigenvalue weighted by Gasteiger charge is -2.21. The third-order valence-corrected chi connectivity index (χ3v) is 6.77. The minimum absolute atomic E-state index is 0.119. The Labute approximate surface area is 220 Å². The van der Waals surface area contributed by atoms with Crippen LogP contribution in [-0.4, -0.2) is 38.1 Å². The van der Waals surface area contributed by atoms with Gasteiger partial charge in [0.25, 0.3) is 5.56 Å². The molecule has 5 aromatic rings. The molecule has 6 rings (SSSR count). The molecule has 1 amide bonds. The van der Waals surface area contributed by atoms with Gasteiger partial charge in [-0.15, -0.1) is 8.78 Å². The van der Waals surface area contributed by atoms with Gasteiger partial charge < -0.3 is 18.9 Å². The van der Waals surface area contributed by atoms with Crippen LogP contribution in [0.1, 0.15) is 18.2 Å². The number of carbonyl (C=O) groups excluding carboxylic acids is 1.